The van der Waals surface area contributed by atoms with Crippen LogP contribution in [0.2, 0.25) is 0 Å². The number of hydrogen-bond donors (Lipinski definition) is 0. The minimum Gasteiger partial charge on any atom is -0.435 e. The number of aromatic nitrogens is 4. The van der Waals surface area contributed by atoms with Gasteiger partial charge in [-0.1, -0.05) is 121 Å². The Morgan fingerprint density at radius 2 is 1.02 bits per heavy atom. The summed E-state index contributed by atoms with van der Waals surface area (Å²) in [5, 5.41) is 4.35. The highest BCUT2D eigenvalue weighted by Gasteiger charge is 2.22. The largest absolute Gasteiger partial charge is 0.435 e. The van der Waals surface area contributed by atoms with Crippen molar-refractivity contribution >= 4 is 53.4 Å². The molecule has 0 aliphatic rings. The molecule has 7 aromatic carbocycles. The van der Waals surface area contributed by atoms with Crippen LogP contribution < -0.4 is 0 Å². The number of fused-ring (bicyclic) bond motifs is 7. The Morgan fingerprint density at radius 3 is 1.80 bits per heavy atom. The van der Waals surface area contributed by atoms with Gasteiger partial charge in [0.15, 0.2) is 23.1 Å². The third kappa shape index (κ3) is 4.77. The summed E-state index contributed by atoms with van der Waals surface area (Å²) in [5.74, 6) is 2.37. The van der Waals surface area contributed by atoms with Crippen molar-refractivity contribution in [2.75, 3.05) is 0 Å². The molecule has 0 fully saturated rings. The summed E-state index contributed by atoms with van der Waals surface area (Å²) in [6, 6.07) is 53.9. The van der Waals surface area contributed by atoms with E-state index >= 15 is 0 Å². The van der Waals surface area contributed by atoms with E-state index in [-0.39, 0.29) is 0 Å². The maximum atomic E-state index is 6.67. The zero-order valence-corrected chi connectivity index (χ0v) is 27.4. The van der Waals surface area contributed by atoms with Crippen molar-refractivity contribution in [3.63, 3.8) is 0 Å². The fourth-order valence-electron chi connectivity index (χ4n) is 6.80. The van der Waals surface area contributed by atoms with Gasteiger partial charge in [0.1, 0.15) is 5.52 Å². The van der Waals surface area contributed by atoms with Crippen molar-refractivity contribution in [2.24, 2.45) is 0 Å². The monoisotopic (exact) mass is 658 g/mol. The van der Waals surface area contributed by atoms with Crippen molar-refractivity contribution in [3.8, 4) is 56.7 Å². The first-order chi connectivity index (χ1) is 24.8. The summed E-state index contributed by atoms with van der Waals surface area (Å²) < 4.78 is 9.08. The van der Waals surface area contributed by atoms with Crippen LogP contribution in [0.4, 0.5) is 0 Å². The SMILES string of the molecule is c1ccc(-c2cccc(-c3nc(-c4ccccc4)nc(-c4cc5nc(-c6ccccc6)oc5c5c4ccc4sc6ccccc6c45)n3)c2)cc1. The minimum atomic E-state index is 0.578. The third-order valence-electron chi connectivity index (χ3n) is 9.15. The zero-order chi connectivity index (χ0) is 33.0. The second-order valence-electron chi connectivity index (χ2n) is 12.2. The Morgan fingerprint density at radius 1 is 0.400 bits per heavy atom. The molecule has 10 aromatic rings. The van der Waals surface area contributed by atoms with Gasteiger partial charge in [-0.25, -0.2) is 19.9 Å². The van der Waals surface area contributed by atoms with Crippen LogP contribution in [-0.2, 0) is 0 Å². The number of nitrogens with zero attached hydrogens (tertiary/aromatic N) is 4. The molecule has 5 nitrogen and oxygen atoms in total. The maximum Gasteiger partial charge on any atom is 0.227 e. The van der Waals surface area contributed by atoms with Crippen LogP contribution in [0.5, 0.6) is 0 Å². The van der Waals surface area contributed by atoms with Crippen molar-refractivity contribution in [2.45, 2.75) is 0 Å². The summed E-state index contributed by atoms with van der Waals surface area (Å²) in [7, 11) is 0. The molecule has 0 saturated carbocycles. The molecule has 0 aliphatic carbocycles. The molecule has 50 heavy (non-hydrogen) atoms. The molecular formula is C44H26N4OS. The van der Waals surface area contributed by atoms with Crippen LogP contribution in [0.15, 0.2) is 162 Å². The van der Waals surface area contributed by atoms with E-state index in [1.807, 2.05) is 66.7 Å². The normalized spacial score (nSPS) is 11.6. The number of benzene rings is 7. The van der Waals surface area contributed by atoms with Gasteiger partial charge in [0.25, 0.3) is 0 Å². The average Bonchev–Trinajstić information content (AvgIpc) is 3.80. The molecule has 0 aliphatic heterocycles. The second kappa shape index (κ2) is 11.6. The smallest absolute Gasteiger partial charge is 0.227 e. The molecule has 0 radical (unpaired) electrons. The highest BCUT2D eigenvalue weighted by Crippen LogP contribution is 2.45. The zero-order valence-electron chi connectivity index (χ0n) is 26.6. The fraction of sp³-hybridized carbons (Fsp3) is 0. The number of rotatable bonds is 5. The van der Waals surface area contributed by atoms with Gasteiger partial charge in [0, 0.05) is 47.8 Å². The van der Waals surface area contributed by atoms with E-state index in [1.54, 1.807) is 11.3 Å². The number of hydrogen-bond acceptors (Lipinski definition) is 6. The van der Waals surface area contributed by atoms with Crippen molar-refractivity contribution in [1.29, 1.82) is 0 Å². The van der Waals surface area contributed by atoms with E-state index in [4.69, 9.17) is 24.4 Å². The molecule has 6 heteroatoms. The Bertz CT molecular complexity index is 2860. The third-order valence-corrected chi connectivity index (χ3v) is 10.3. The maximum absolute atomic E-state index is 6.67. The first-order valence-corrected chi connectivity index (χ1v) is 17.3. The first-order valence-electron chi connectivity index (χ1n) is 16.5. The topological polar surface area (TPSA) is 64.7 Å². The van der Waals surface area contributed by atoms with Crippen LogP contribution in [0.1, 0.15) is 0 Å². The van der Waals surface area contributed by atoms with Gasteiger partial charge < -0.3 is 4.42 Å². The standard InChI is InChI=1S/C44H26N4OS/c1-4-13-27(14-5-1)30-19-12-20-31(25-30)42-46-41(28-15-6-2-7-16-28)47-43(48-42)34-26-35-40(49-44(45-35)29-17-8-3-9-18-29)39-32(34)23-24-37-38(39)33-21-10-11-22-36(33)50-37/h1-26H. The lowest BCUT2D eigenvalue weighted by molar-refractivity contribution is 0.623. The Labute approximate surface area is 291 Å². The van der Waals surface area contributed by atoms with Gasteiger partial charge in [-0.2, -0.15) is 0 Å². The Balaban J connectivity index is 1.28. The first kappa shape index (κ1) is 28.5. The molecule has 0 saturated heterocycles. The van der Waals surface area contributed by atoms with E-state index in [0.717, 1.165) is 60.6 Å². The van der Waals surface area contributed by atoms with Gasteiger partial charge in [-0.15, -0.1) is 11.3 Å². The van der Waals surface area contributed by atoms with E-state index in [0.29, 0.717) is 23.4 Å². The van der Waals surface area contributed by atoms with Gasteiger partial charge in [-0.3, -0.25) is 0 Å². The number of oxazole rings is 1. The minimum absolute atomic E-state index is 0.578. The summed E-state index contributed by atoms with van der Waals surface area (Å²) in [5.41, 5.74) is 7.37. The molecule has 10 rings (SSSR count). The predicted octanol–water partition coefficient (Wildman–Crippen LogP) is 11.9. The van der Waals surface area contributed by atoms with Crippen LogP contribution in [0.3, 0.4) is 0 Å². The molecular weight excluding hydrogens is 633 g/mol. The van der Waals surface area contributed by atoms with Crippen molar-refractivity contribution < 1.29 is 4.42 Å². The Kier molecular flexibility index (Phi) is 6.60. The van der Waals surface area contributed by atoms with E-state index in [2.05, 4.69) is 91.0 Å². The lowest BCUT2D eigenvalue weighted by atomic mass is 9.98. The van der Waals surface area contributed by atoms with Crippen LogP contribution >= 0.6 is 11.3 Å². The molecule has 0 N–H and O–H groups in total. The van der Waals surface area contributed by atoms with E-state index < -0.39 is 0 Å². The lowest BCUT2D eigenvalue weighted by Crippen LogP contribution is -2.01. The summed E-state index contributed by atoms with van der Waals surface area (Å²) in [6.45, 7) is 0. The molecule has 0 atom stereocenters. The summed E-state index contributed by atoms with van der Waals surface area (Å²) >= 11 is 1.79. The molecule has 0 unspecified atom stereocenters. The van der Waals surface area contributed by atoms with Crippen molar-refractivity contribution in [1.82, 2.24) is 19.9 Å². The van der Waals surface area contributed by atoms with Gasteiger partial charge >= 0.3 is 0 Å². The van der Waals surface area contributed by atoms with Crippen LogP contribution in [0.25, 0.3) is 98.8 Å². The van der Waals surface area contributed by atoms with Gasteiger partial charge in [0.2, 0.25) is 5.89 Å². The highest BCUT2D eigenvalue weighted by atomic mass is 32.1. The van der Waals surface area contributed by atoms with E-state index in [1.165, 1.54) is 14.8 Å². The second-order valence-corrected chi connectivity index (χ2v) is 13.3. The number of thiophene rings is 1. The molecule has 0 bridgehead atoms. The van der Waals surface area contributed by atoms with Crippen molar-refractivity contribution in [3.05, 3.63) is 158 Å². The molecule has 234 valence electrons. The van der Waals surface area contributed by atoms with Gasteiger partial charge in [0.05, 0.1) is 0 Å². The Hall–Kier alpha value is -6.50. The molecule has 0 amide bonds. The average molecular weight is 659 g/mol. The lowest BCUT2D eigenvalue weighted by Gasteiger charge is -2.12. The van der Waals surface area contributed by atoms with E-state index in [9.17, 15) is 0 Å². The fourth-order valence-corrected chi connectivity index (χ4v) is 7.91. The van der Waals surface area contributed by atoms with Crippen LogP contribution in [-0.4, -0.2) is 19.9 Å². The highest BCUT2D eigenvalue weighted by molar-refractivity contribution is 7.26. The van der Waals surface area contributed by atoms with Gasteiger partial charge in [-0.05, 0) is 52.9 Å². The predicted molar refractivity (Wildman–Crippen MR) is 205 cm³/mol. The molecule has 0 spiro atoms. The molecule has 3 heterocycles. The van der Waals surface area contributed by atoms with Crippen LogP contribution in [0, 0.1) is 0 Å². The summed E-state index contributed by atoms with van der Waals surface area (Å²) in [4.78, 5) is 20.5. The molecule has 3 aromatic heterocycles. The quantitative estimate of drug-likeness (QED) is 0.184. The summed E-state index contributed by atoms with van der Waals surface area (Å²) in [6.07, 6.45) is 0.